The molecule has 6 heteroatoms. The highest BCUT2D eigenvalue weighted by atomic mass is 15.2. The lowest BCUT2D eigenvalue weighted by molar-refractivity contribution is 0.0687. The fourth-order valence-corrected chi connectivity index (χ4v) is 6.12. The van der Waals surface area contributed by atoms with Crippen molar-refractivity contribution in [3.05, 3.63) is 59.7 Å². The lowest BCUT2D eigenvalue weighted by atomic mass is 9.77. The van der Waals surface area contributed by atoms with Gasteiger partial charge in [0.1, 0.15) is 11.5 Å². The molecule has 32 heavy (non-hydrogen) atoms. The van der Waals surface area contributed by atoms with E-state index in [0.29, 0.717) is 12.1 Å². The maximum atomic E-state index is 5.02. The second-order valence-electron chi connectivity index (χ2n) is 10.00. The van der Waals surface area contributed by atoms with Crippen molar-refractivity contribution in [3.63, 3.8) is 0 Å². The van der Waals surface area contributed by atoms with Crippen LogP contribution in [0.4, 0.5) is 5.82 Å². The van der Waals surface area contributed by atoms with Crippen LogP contribution in [-0.2, 0) is 13.0 Å². The molecule has 6 rings (SSSR count). The summed E-state index contributed by atoms with van der Waals surface area (Å²) in [5.41, 5.74) is 4.96. The maximum absolute atomic E-state index is 5.02. The second-order valence-corrected chi connectivity index (χ2v) is 10.00. The minimum absolute atomic E-state index is 0.440. The SMILES string of the molecule is CN1CCC(Nc2cccc3nc(CN4CCCC5CCc6cccnc6C54)cn23)CC1. The number of aromatic nitrogens is 3. The highest BCUT2D eigenvalue weighted by Crippen LogP contribution is 2.43. The van der Waals surface area contributed by atoms with Crippen LogP contribution in [0.25, 0.3) is 5.65 Å². The molecule has 6 nitrogen and oxygen atoms in total. The smallest absolute Gasteiger partial charge is 0.138 e. The van der Waals surface area contributed by atoms with E-state index < -0.39 is 0 Å². The van der Waals surface area contributed by atoms with Gasteiger partial charge >= 0.3 is 0 Å². The van der Waals surface area contributed by atoms with Crippen molar-refractivity contribution in [3.8, 4) is 0 Å². The van der Waals surface area contributed by atoms with Crippen LogP contribution in [0.2, 0.25) is 0 Å². The van der Waals surface area contributed by atoms with Crippen LogP contribution in [0.3, 0.4) is 0 Å². The lowest BCUT2D eigenvalue weighted by Crippen LogP contribution is -2.41. The molecule has 2 unspecified atom stereocenters. The Balaban J connectivity index is 1.25. The third-order valence-corrected chi connectivity index (χ3v) is 7.83. The molecule has 3 aromatic heterocycles. The average Bonchev–Trinajstić information content (AvgIpc) is 3.24. The minimum atomic E-state index is 0.440. The normalized spacial score (nSPS) is 24.9. The average molecular weight is 431 g/mol. The molecular formula is C26H34N6. The van der Waals surface area contributed by atoms with E-state index in [0.717, 1.165) is 49.3 Å². The topological polar surface area (TPSA) is 48.7 Å². The minimum Gasteiger partial charge on any atom is -0.368 e. The largest absolute Gasteiger partial charge is 0.368 e. The van der Waals surface area contributed by atoms with Crippen molar-refractivity contribution in [2.75, 3.05) is 32.0 Å². The van der Waals surface area contributed by atoms with Crippen molar-refractivity contribution >= 4 is 11.5 Å². The molecule has 3 aliphatic rings. The number of nitrogens with one attached hydrogen (secondary N) is 1. The van der Waals surface area contributed by atoms with E-state index >= 15 is 0 Å². The van der Waals surface area contributed by atoms with Gasteiger partial charge in [-0.3, -0.25) is 14.3 Å². The fourth-order valence-electron chi connectivity index (χ4n) is 6.12. The van der Waals surface area contributed by atoms with Gasteiger partial charge in [0.15, 0.2) is 0 Å². The van der Waals surface area contributed by atoms with Crippen molar-refractivity contribution in [2.24, 2.45) is 5.92 Å². The molecule has 0 bridgehead atoms. The Morgan fingerprint density at radius 1 is 1.03 bits per heavy atom. The van der Waals surface area contributed by atoms with Crippen molar-refractivity contribution in [2.45, 2.75) is 57.2 Å². The predicted octanol–water partition coefficient (Wildman–Crippen LogP) is 4.13. The van der Waals surface area contributed by atoms with Crippen LogP contribution < -0.4 is 5.32 Å². The Morgan fingerprint density at radius 3 is 2.84 bits per heavy atom. The molecule has 0 saturated carbocycles. The van der Waals surface area contributed by atoms with Crippen LogP contribution in [0.5, 0.6) is 0 Å². The van der Waals surface area contributed by atoms with E-state index in [2.05, 4.69) is 63.1 Å². The van der Waals surface area contributed by atoms with Crippen LogP contribution in [0, 0.1) is 5.92 Å². The molecule has 5 heterocycles. The molecule has 1 aliphatic carbocycles. The van der Waals surface area contributed by atoms with Gasteiger partial charge < -0.3 is 10.2 Å². The molecule has 1 N–H and O–H groups in total. The van der Waals surface area contributed by atoms with E-state index in [9.17, 15) is 0 Å². The Morgan fingerprint density at radius 2 is 1.94 bits per heavy atom. The number of piperidine rings is 2. The Kier molecular flexibility index (Phi) is 5.35. The number of likely N-dealkylation sites (tertiary alicyclic amines) is 2. The van der Waals surface area contributed by atoms with Crippen molar-refractivity contribution in [1.29, 1.82) is 0 Å². The lowest BCUT2D eigenvalue weighted by Gasteiger charge is -2.44. The Labute approximate surface area is 190 Å². The van der Waals surface area contributed by atoms with Crippen molar-refractivity contribution in [1.82, 2.24) is 24.2 Å². The highest BCUT2D eigenvalue weighted by Gasteiger charge is 2.37. The zero-order valence-electron chi connectivity index (χ0n) is 19.1. The quantitative estimate of drug-likeness (QED) is 0.674. The first-order valence-electron chi connectivity index (χ1n) is 12.3. The maximum Gasteiger partial charge on any atom is 0.138 e. The summed E-state index contributed by atoms with van der Waals surface area (Å²) in [6, 6.07) is 11.8. The Hall–Kier alpha value is -2.44. The summed E-state index contributed by atoms with van der Waals surface area (Å²) in [5.74, 6) is 1.89. The van der Waals surface area contributed by atoms with Gasteiger partial charge in [0.2, 0.25) is 0 Å². The van der Waals surface area contributed by atoms with Gasteiger partial charge in [-0.05, 0) is 94.9 Å². The van der Waals surface area contributed by atoms with Gasteiger partial charge in [0.05, 0.1) is 17.4 Å². The summed E-state index contributed by atoms with van der Waals surface area (Å²) < 4.78 is 2.25. The molecule has 0 aromatic carbocycles. The van der Waals surface area contributed by atoms with Gasteiger partial charge in [-0.15, -0.1) is 0 Å². The standard InChI is InChI=1S/C26H34N6/c1-30-15-11-21(12-16-30)28-23-7-2-8-24-29-22(18-32(23)24)17-31-14-4-6-20-10-9-19-5-3-13-27-25(19)26(20)31/h2-3,5,7-8,13,18,20-21,26,28H,4,6,9-12,14-17H2,1H3. The van der Waals surface area contributed by atoms with Gasteiger partial charge in [-0.2, -0.15) is 0 Å². The van der Waals surface area contributed by atoms with Gasteiger partial charge in [-0.1, -0.05) is 12.1 Å². The first-order chi connectivity index (χ1) is 15.7. The van der Waals surface area contributed by atoms with Crippen LogP contribution in [0.1, 0.15) is 55.1 Å². The van der Waals surface area contributed by atoms with E-state index in [1.54, 1.807) is 0 Å². The number of nitrogens with zero attached hydrogens (tertiary/aromatic N) is 5. The summed E-state index contributed by atoms with van der Waals surface area (Å²) in [6.45, 7) is 4.35. The van der Waals surface area contributed by atoms with Gasteiger partial charge in [-0.25, -0.2) is 4.98 Å². The Bertz CT molecular complexity index is 1080. The number of imidazole rings is 1. The first kappa shape index (κ1) is 20.2. The molecule has 0 amide bonds. The van der Waals surface area contributed by atoms with E-state index in [1.807, 2.05) is 6.20 Å². The third-order valence-electron chi connectivity index (χ3n) is 7.83. The molecule has 3 aromatic rings. The van der Waals surface area contributed by atoms with Crippen LogP contribution >= 0.6 is 0 Å². The molecule has 168 valence electrons. The highest BCUT2D eigenvalue weighted by molar-refractivity contribution is 5.51. The predicted molar refractivity (Wildman–Crippen MR) is 128 cm³/mol. The second kappa shape index (κ2) is 8.49. The summed E-state index contributed by atoms with van der Waals surface area (Å²) in [7, 11) is 2.21. The number of aryl methyl sites for hydroxylation is 1. The summed E-state index contributed by atoms with van der Waals surface area (Å²) in [6.07, 6.45) is 11.7. The number of hydrogen-bond acceptors (Lipinski definition) is 5. The zero-order valence-corrected chi connectivity index (χ0v) is 19.1. The molecule has 2 saturated heterocycles. The number of anilines is 1. The van der Waals surface area contributed by atoms with E-state index in [1.165, 1.54) is 49.8 Å². The van der Waals surface area contributed by atoms with Gasteiger partial charge in [0.25, 0.3) is 0 Å². The third kappa shape index (κ3) is 3.80. The number of hydrogen-bond donors (Lipinski definition) is 1. The van der Waals surface area contributed by atoms with Gasteiger partial charge in [0, 0.05) is 25.0 Å². The summed E-state index contributed by atoms with van der Waals surface area (Å²) in [5, 5.41) is 3.79. The molecule has 0 radical (unpaired) electrons. The number of pyridine rings is 2. The summed E-state index contributed by atoms with van der Waals surface area (Å²) >= 11 is 0. The molecule has 0 spiro atoms. The monoisotopic (exact) mass is 430 g/mol. The fraction of sp³-hybridized carbons (Fsp3) is 0.538. The number of fused-ring (bicyclic) bond motifs is 4. The molecule has 2 aliphatic heterocycles. The van der Waals surface area contributed by atoms with E-state index in [-0.39, 0.29) is 0 Å². The van der Waals surface area contributed by atoms with Crippen LogP contribution in [-0.4, -0.2) is 56.9 Å². The zero-order chi connectivity index (χ0) is 21.5. The van der Waals surface area contributed by atoms with E-state index in [4.69, 9.17) is 9.97 Å². The molecule has 2 atom stereocenters. The number of rotatable bonds is 4. The van der Waals surface area contributed by atoms with Crippen molar-refractivity contribution < 1.29 is 0 Å². The molecular weight excluding hydrogens is 396 g/mol. The van der Waals surface area contributed by atoms with Crippen LogP contribution in [0.15, 0.2) is 42.7 Å². The molecule has 2 fully saturated rings. The first-order valence-corrected chi connectivity index (χ1v) is 12.3. The summed E-state index contributed by atoms with van der Waals surface area (Å²) in [4.78, 5) is 14.9.